The molecule has 1 aliphatic carbocycles. The average Bonchev–Trinajstić information content (AvgIpc) is 2.15. The smallest absolute Gasteiger partial charge is 0.311 e. The highest BCUT2D eigenvalue weighted by Gasteiger charge is 2.37. The lowest BCUT2D eigenvalue weighted by molar-refractivity contribution is -0.166. The molecule has 0 spiro atoms. The van der Waals surface area contributed by atoms with Gasteiger partial charge in [0.25, 0.3) is 0 Å². The second kappa shape index (κ2) is 4.12. The molecule has 86 valence electrons. The number of fused-ring (bicyclic) bond motifs is 1. The van der Waals surface area contributed by atoms with E-state index in [-0.39, 0.29) is 17.5 Å². The zero-order valence-corrected chi connectivity index (χ0v) is 9.71. The molecule has 1 aliphatic heterocycles. The van der Waals surface area contributed by atoms with Crippen LogP contribution in [0, 0.1) is 5.92 Å². The Labute approximate surface area is 91.6 Å². The van der Waals surface area contributed by atoms with Crippen LogP contribution in [0.2, 0.25) is 0 Å². The van der Waals surface area contributed by atoms with Crippen LogP contribution in [-0.4, -0.2) is 24.2 Å². The van der Waals surface area contributed by atoms with Gasteiger partial charge in [-0.05, 0) is 39.7 Å². The van der Waals surface area contributed by atoms with E-state index >= 15 is 0 Å². The molecule has 0 amide bonds. The summed E-state index contributed by atoms with van der Waals surface area (Å²) in [6.45, 7) is 4.95. The van der Waals surface area contributed by atoms with Crippen LogP contribution < -0.4 is 5.32 Å². The van der Waals surface area contributed by atoms with E-state index in [2.05, 4.69) is 5.32 Å². The van der Waals surface area contributed by atoms with E-state index in [9.17, 15) is 4.79 Å². The fourth-order valence-corrected chi connectivity index (χ4v) is 2.61. The Morgan fingerprint density at radius 2 is 2.07 bits per heavy atom. The maximum Gasteiger partial charge on any atom is 0.311 e. The lowest BCUT2D eigenvalue weighted by atomic mass is 9.83. The van der Waals surface area contributed by atoms with Crippen molar-refractivity contribution >= 4 is 5.97 Å². The fraction of sp³-hybridized carbons (Fsp3) is 0.917. The summed E-state index contributed by atoms with van der Waals surface area (Å²) in [6, 6.07) is 0.363. The standard InChI is InChI=1S/C12H21NO2/c1-12(2)7-8-13-10-6-4-3-5-9(10)11(14)15-12/h9-10,13H,3-8H2,1-2H3. The van der Waals surface area contributed by atoms with Crippen molar-refractivity contribution in [1.29, 1.82) is 0 Å². The van der Waals surface area contributed by atoms with Crippen molar-refractivity contribution in [3.8, 4) is 0 Å². The van der Waals surface area contributed by atoms with E-state index in [0.29, 0.717) is 6.04 Å². The van der Waals surface area contributed by atoms with Gasteiger partial charge in [-0.25, -0.2) is 0 Å². The van der Waals surface area contributed by atoms with E-state index in [1.165, 1.54) is 12.8 Å². The fourth-order valence-electron chi connectivity index (χ4n) is 2.61. The molecule has 3 heteroatoms. The summed E-state index contributed by atoms with van der Waals surface area (Å²) in [5.74, 6) is 0.107. The average molecular weight is 211 g/mol. The summed E-state index contributed by atoms with van der Waals surface area (Å²) < 4.78 is 5.57. The van der Waals surface area contributed by atoms with Gasteiger partial charge < -0.3 is 10.1 Å². The third-order valence-electron chi connectivity index (χ3n) is 3.58. The molecule has 1 saturated heterocycles. The minimum absolute atomic E-state index is 0.0110. The molecule has 0 aromatic rings. The highest BCUT2D eigenvalue weighted by molar-refractivity contribution is 5.74. The van der Waals surface area contributed by atoms with E-state index in [0.717, 1.165) is 25.8 Å². The Morgan fingerprint density at radius 1 is 1.33 bits per heavy atom. The number of ether oxygens (including phenoxy) is 1. The number of carbonyl (C=O) groups excluding carboxylic acids is 1. The monoisotopic (exact) mass is 211 g/mol. The van der Waals surface area contributed by atoms with Crippen LogP contribution >= 0.6 is 0 Å². The first-order chi connectivity index (χ1) is 7.08. The molecule has 2 fully saturated rings. The van der Waals surface area contributed by atoms with E-state index in [1.54, 1.807) is 0 Å². The van der Waals surface area contributed by atoms with Gasteiger partial charge in [0.1, 0.15) is 5.60 Å². The summed E-state index contributed by atoms with van der Waals surface area (Å²) in [7, 11) is 0. The highest BCUT2D eigenvalue weighted by Crippen LogP contribution is 2.29. The Morgan fingerprint density at radius 3 is 2.87 bits per heavy atom. The molecule has 2 unspecified atom stereocenters. The highest BCUT2D eigenvalue weighted by atomic mass is 16.6. The van der Waals surface area contributed by atoms with Gasteiger partial charge in [-0.1, -0.05) is 12.8 Å². The molecule has 2 aliphatic rings. The molecule has 1 saturated carbocycles. The molecular weight excluding hydrogens is 190 g/mol. The molecule has 1 heterocycles. The van der Waals surface area contributed by atoms with Crippen molar-refractivity contribution in [1.82, 2.24) is 5.32 Å². The van der Waals surface area contributed by atoms with Gasteiger partial charge in [0.15, 0.2) is 0 Å². The van der Waals surface area contributed by atoms with E-state index < -0.39 is 0 Å². The van der Waals surface area contributed by atoms with Gasteiger partial charge >= 0.3 is 5.97 Å². The first kappa shape index (κ1) is 10.9. The number of hydrogen-bond acceptors (Lipinski definition) is 3. The van der Waals surface area contributed by atoms with Crippen LogP contribution in [0.5, 0.6) is 0 Å². The van der Waals surface area contributed by atoms with Gasteiger partial charge in [0.05, 0.1) is 5.92 Å². The number of cyclic esters (lactones) is 1. The number of hydrogen-bond donors (Lipinski definition) is 1. The summed E-state index contributed by atoms with van der Waals surface area (Å²) >= 11 is 0. The zero-order chi connectivity index (χ0) is 10.9. The predicted molar refractivity (Wildman–Crippen MR) is 58.5 cm³/mol. The van der Waals surface area contributed by atoms with Gasteiger partial charge in [0, 0.05) is 6.04 Å². The summed E-state index contributed by atoms with van der Waals surface area (Å²) in [5, 5.41) is 3.51. The maximum absolute atomic E-state index is 12.0. The van der Waals surface area contributed by atoms with Crippen molar-refractivity contribution in [2.24, 2.45) is 5.92 Å². The van der Waals surface area contributed by atoms with Crippen LogP contribution in [0.4, 0.5) is 0 Å². The molecule has 0 aromatic heterocycles. The van der Waals surface area contributed by atoms with E-state index in [1.807, 2.05) is 13.8 Å². The predicted octanol–water partition coefficient (Wildman–Crippen LogP) is 1.86. The lowest BCUT2D eigenvalue weighted by Crippen LogP contribution is -2.49. The first-order valence-electron chi connectivity index (χ1n) is 6.05. The van der Waals surface area contributed by atoms with Crippen molar-refractivity contribution in [3.63, 3.8) is 0 Å². The molecule has 2 rings (SSSR count). The third kappa shape index (κ3) is 2.51. The van der Waals surface area contributed by atoms with Gasteiger partial charge in [-0.3, -0.25) is 4.79 Å². The van der Waals surface area contributed by atoms with Crippen LogP contribution in [-0.2, 0) is 9.53 Å². The number of rotatable bonds is 0. The Hall–Kier alpha value is -0.570. The first-order valence-corrected chi connectivity index (χ1v) is 6.05. The lowest BCUT2D eigenvalue weighted by Gasteiger charge is -2.37. The van der Waals surface area contributed by atoms with Crippen molar-refractivity contribution in [2.45, 2.75) is 57.6 Å². The molecule has 0 radical (unpaired) electrons. The topological polar surface area (TPSA) is 38.3 Å². The number of carbonyl (C=O) groups is 1. The van der Waals surface area contributed by atoms with Crippen LogP contribution in [0.3, 0.4) is 0 Å². The summed E-state index contributed by atoms with van der Waals surface area (Å²) in [4.78, 5) is 12.0. The molecule has 2 atom stereocenters. The maximum atomic E-state index is 12.0. The van der Waals surface area contributed by atoms with Crippen LogP contribution in [0.1, 0.15) is 46.0 Å². The molecule has 0 aromatic carbocycles. The Kier molecular flexibility index (Phi) is 3.01. The second-order valence-electron chi connectivity index (χ2n) is 5.38. The van der Waals surface area contributed by atoms with Crippen molar-refractivity contribution in [2.75, 3.05) is 6.54 Å². The molecule has 1 N–H and O–H groups in total. The SMILES string of the molecule is CC1(C)CCNC2CCCCC2C(=O)O1. The van der Waals surface area contributed by atoms with Gasteiger partial charge in [-0.15, -0.1) is 0 Å². The van der Waals surface area contributed by atoms with Crippen molar-refractivity contribution in [3.05, 3.63) is 0 Å². The second-order valence-corrected chi connectivity index (χ2v) is 5.38. The van der Waals surface area contributed by atoms with Crippen LogP contribution in [0.15, 0.2) is 0 Å². The minimum atomic E-state index is -0.299. The number of esters is 1. The quantitative estimate of drug-likeness (QED) is 0.622. The zero-order valence-electron chi connectivity index (χ0n) is 9.71. The summed E-state index contributed by atoms with van der Waals surface area (Å²) in [5.41, 5.74) is -0.299. The molecule has 3 nitrogen and oxygen atoms in total. The Bertz CT molecular complexity index is 250. The Balaban J connectivity index is 2.08. The molecule has 0 bridgehead atoms. The van der Waals surface area contributed by atoms with Gasteiger partial charge in [-0.2, -0.15) is 0 Å². The van der Waals surface area contributed by atoms with E-state index in [4.69, 9.17) is 4.74 Å². The molecule has 15 heavy (non-hydrogen) atoms. The minimum Gasteiger partial charge on any atom is -0.459 e. The van der Waals surface area contributed by atoms with Gasteiger partial charge in [0.2, 0.25) is 0 Å². The largest absolute Gasteiger partial charge is 0.459 e. The molecular formula is C12H21NO2. The number of nitrogens with one attached hydrogen (secondary N) is 1. The van der Waals surface area contributed by atoms with Crippen LogP contribution in [0.25, 0.3) is 0 Å². The van der Waals surface area contributed by atoms with Crippen molar-refractivity contribution < 1.29 is 9.53 Å². The third-order valence-corrected chi connectivity index (χ3v) is 3.58. The normalized spacial score (nSPS) is 36.0. The summed E-state index contributed by atoms with van der Waals surface area (Å²) in [6.07, 6.45) is 5.43.